The van der Waals surface area contributed by atoms with E-state index in [1.807, 2.05) is 0 Å². The molecule has 1 aromatic carbocycles. The molecule has 0 bridgehead atoms. The van der Waals surface area contributed by atoms with Crippen LogP contribution in [0.2, 0.25) is 0 Å². The highest BCUT2D eigenvalue weighted by Gasteiger charge is 2.29. The van der Waals surface area contributed by atoms with Crippen molar-refractivity contribution in [2.45, 2.75) is 19.4 Å². The van der Waals surface area contributed by atoms with E-state index in [1.165, 1.54) is 12.1 Å². The van der Waals surface area contributed by atoms with Crippen LogP contribution in [0.25, 0.3) is 0 Å². The fraction of sp³-hybridized carbons (Fsp3) is 0.250. The maximum Gasteiger partial charge on any atom is 0.229 e. The molecule has 0 saturated carbocycles. The van der Waals surface area contributed by atoms with Crippen molar-refractivity contribution in [3.63, 3.8) is 0 Å². The van der Waals surface area contributed by atoms with Gasteiger partial charge in [0.15, 0.2) is 0 Å². The first-order valence-electron chi connectivity index (χ1n) is 5.40. The van der Waals surface area contributed by atoms with Crippen LogP contribution >= 0.6 is 12.2 Å². The molecule has 2 rings (SSSR count). The molecule has 0 unspecified atom stereocenters. The number of carbonyl (C=O) groups is 2. The minimum atomic E-state index is -0.521. The summed E-state index contributed by atoms with van der Waals surface area (Å²) < 4.78 is 13.8. The smallest absolute Gasteiger partial charge is 0.229 e. The van der Waals surface area contributed by atoms with Gasteiger partial charge in [0, 0.05) is 24.0 Å². The highest BCUT2D eigenvalue weighted by atomic mass is 32.1. The molecule has 0 radical (unpaired) electrons. The van der Waals surface area contributed by atoms with E-state index < -0.39 is 5.82 Å². The predicted octanol–water partition coefficient (Wildman–Crippen LogP) is 1.11. The number of imide groups is 1. The summed E-state index contributed by atoms with van der Waals surface area (Å²) >= 11 is 4.74. The lowest BCUT2D eigenvalue weighted by Crippen LogP contribution is -2.28. The normalized spacial score (nSPS) is 15.3. The second-order valence-electron chi connectivity index (χ2n) is 4.04. The highest BCUT2D eigenvalue weighted by Crippen LogP contribution is 2.18. The van der Waals surface area contributed by atoms with Crippen molar-refractivity contribution < 1.29 is 14.0 Å². The predicted molar refractivity (Wildman–Crippen MR) is 67.1 cm³/mol. The van der Waals surface area contributed by atoms with Gasteiger partial charge in [0.05, 0.1) is 6.54 Å². The second-order valence-corrected chi connectivity index (χ2v) is 4.48. The van der Waals surface area contributed by atoms with E-state index in [0.717, 1.165) is 4.90 Å². The third-order valence-corrected chi connectivity index (χ3v) is 3.06. The molecule has 0 atom stereocenters. The quantitative estimate of drug-likeness (QED) is 0.657. The van der Waals surface area contributed by atoms with Gasteiger partial charge in [0.25, 0.3) is 0 Å². The monoisotopic (exact) mass is 266 g/mol. The summed E-state index contributed by atoms with van der Waals surface area (Å²) in [5.74, 6) is -1.05. The van der Waals surface area contributed by atoms with E-state index >= 15 is 0 Å². The van der Waals surface area contributed by atoms with Gasteiger partial charge in [-0.2, -0.15) is 0 Å². The first-order chi connectivity index (χ1) is 8.49. The molecule has 1 aromatic rings. The van der Waals surface area contributed by atoms with Crippen LogP contribution in [0.15, 0.2) is 18.2 Å². The Hall–Kier alpha value is -1.82. The molecule has 1 saturated heterocycles. The number of benzene rings is 1. The number of hydrogen-bond acceptors (Lipinski definition) is 3. The van der Waals surface area contributed by atoms with Crippen LogP contribution in [0.5, 0.6) is 0 Å². The molecule has 2 amide bonds. The second kappa shape index (κ2) is 4.81. The van der Waals surface area contributed by atoms with Crippen molar-refractivity contribution in [1.82, 2.24) is 4.90 Å². The van der Waals surface area contributed by atoms with Crippen LogP contribution < -0.4 is 5.73 Å². The molecule has 0 aliphatic carbocycles. The van der Waals surface area contributed by atoms with Crippen molar-refractivity contribution in [2.24, 2.45) is 5.73 Å². The zero-order valence-corrected chi connectivity index (χ0v) is 10.3. The lowest BCUT2D eigenvalue weighted by atomic mass is 10.1. The molecule has 1 heterocycles. The average molecular weight is 266 g/mol. The van der Waals surface area contributed by atoms with E-state index in [2.05, 4.69) is 0 Å². The van der Waals surface area contributed by atoms with Gasteiger partial charge in [-0.1, -0.05) is 24.4 Å². The van der Waals surface area contributed by atoms with E-state index in [4.69, 9.17) is 18.0 Å². The van der Waals surface area contributed by atoms with E-state index in [1.54, 1.807) is 6.07 Å². The van der Waals surface area contributed by atoms with Crippen molar-refractivity contribution >= 4 is 29.0 Å². The molecular weight excluding hydrogens is 255 g/mol. The average Bonchev–Trinajstić information content (AvgIpc) is 2.63. The number of nitrogens with zero attached hydrogens (tertiary/aromatic N) is 1. The number of halogens is 1. The van der Waals surface area contributed by atoms with Gasteiger partial charge < -0.3 is 5.73 Å². The standard InChI is InChI=1S/C12H11FN2O2S/c13-9-5-7(12(14)18)1-2-8(9)6-15-10(16)3-4-11(15)17/h1-2,5H,3-4,6H2,(H2,14,18). The van der Waals surface area contributed by atoms with Crippen LogP contribution in [-0.2, 0) is 16.1 Å². The van der Waals surface area contributed by atoms with Crippen molar-refractivity contribution in [3.05, 3.63) is 35.1 Å². The molecular formula is C12H11FN2O2S. The molecule has 1 fully saturated rings. The first-order valence-corrected chi connectivity index (χ1v) is 5.81. The maximum absolute atomic E-state index is 13.8. The van der Waals surface area contributed by atoms with Crippen molar-refractivity contribution in [3.8, 4) is 0 Å². The van der Waals surface area contributed by atoms with Crippen molar-refractivity contribution in [1.29, 1.82) is 0 Å². The number of amides is 2. The summed E-state index contributed by atoms with van der Waals surface area (Å²) in [4.78, 5) is 24.0. The summed E-state index contributed by atoms with van der Waals surface area (Å²) in [6.45, 7) is -0.0406. The van der Waals surface area contributed by atoms with Crippen LogP contribution in [0, 0.1) is 5.82 Å². The first kappa shape index (κ1) is 12.6. The third-order valence-electron chi connectivity index (χ3n) is 2.82. The van der Waals surface area contributed by atoms with Crippen LogP contribution in [0.4, 0.5) is 4.39 Å². The lowest BCUT2D eigenvalue weighted by Gasteiger charge is -2.14. The third kappa shape index (κ3) is 2.38. The van der Waals surface area contributed by atoms with Crippen molar-refractivity contribution in [2.75, 3.05) is 0 Å². The molecule has 2 N–H and O–H groups in total. The van der Waals surface area contributed by atoms with E-state index in [9.17, 15) is 14.0 Å². The zero-order chi connectivity index (χ0) is 13.3. The minimum Gasteiger partial charge on any atom is -0.389 e. The van der Waals surface area contributed by atoms with Gasteiger partial charge in [-0.15, -0.1) is 0 Å². The van der Waals surface area contributed by atoms with Gasteiger partial charge in [0.1, 0.15) is 10.8 Å². The van der Waals surface area contributed by atoms with Gasteiger partial charge in [-0.05, 0) is 6.07 Å². The molecule has 0 aromatic heterocycles. The Morgan fingerprint density at radius 1 is 1.33 bits per heavy atom. The molecule has 94 valence electrons. The van der Waals surface area contributed by atoms with Crippen LogP contribution in [-0.4, -0.2) is 21.7 Å². The summed E-state index contributed by atoms with van der Waals surface area (Å²) in [7, 11) is 0. The van der Waals surface area contributed by atoms with Crippen LogP contribution in [0.3, 0.4) is 0 Å². The Morgan fingerprint density at radius 2 is 1.94 bits per heavy atom. The molecule has 4 nitrogen and oxygen atoms in total. The van der Waals surface area contributed by atoms with E-state index in [0.29, 0.717) is 5.56 Å². The SMILES string of the molecule is NC(=S)c1ccc(CN2C(=O)CCC2=O)c(F)c1. The van der Waals surface area contributed by atoms with Gasteiger partial charge in [-0.25, -0.2) is 4.39 Å². The Balaban J connectivity index is 2.22. The topological polar surface area (TPSA) is 63.4 Å². The van der Waals surface area contributed by atoms with Gasteiger partial charge in [0.2, 0.25) is 11.8 Å². The maximum atomic E-state index is 13.8. The number of thiocarbonyl (C=S) groups is 1. The molecule has 6 heteroatoms. The fourth-order valence-corrected chi connectivity index (χ4v) is 1.93. The summed E-state index contributed by atoms with van der Waals surface area (Å²) in [5, 5.41) is 0. The number of likely N-dealkylation sites (tertiary alicyclic amines) is 1. The Bertz CT molecular complexity index is 529. The minimum absolute atomic E-state index is 0.0406. The fourth-order valence-electron chi connectivity index (χ4n) is 1.80. The number of carbonyl (C=O) groups excluding carboxylic acids is 2. The van der Waals surface area contributed by atoms with Gasteiger partial charge >= 0.3 is 0 Å². The number of hydrogen-bond donors (Lipinski definition) is 1. The zero-order valence-electron chi connectivity index (χ0n) is 9.48. The summed E-state index contributed by atoms with van der Waals surface area (Å²) in [5.41, 5.74) is 6.08. The number of rotatable bonds is 3. The Morgan fingerprint density at radius 3 is 2.44 bits per heavy atom. The van der Waals surface area contributed by atoms with Crippen LogP contribution in [0.1, 0.15) is 24.0 Å². The number of nitrogens with two attached hydrogens (primary N) is 1. The lowest BCUT2D eigenvalue weighted by molar-refractivity contribution is -0.139. The molecule has 1 aliphatic rings. The molecule has 0 spiro atoms. The Labute approximate surface area is 109 Å². The summed E-state index contributed by atoms with van der Waals surface area (Å²) in [6, 6.07) is 4.27. The highest BCUT2D eigenvalue weighted by molar-refractivity contribution is 7.80. The molecule has 1 aliphatic heterocycles. The van der Waals surface area contributed by atoms with Gasteiger partial charge in [-0.3, -0.25) is 14.5 Å². The summed E-state index contributed by atoms with van der Waals surface area (Å²) in [6.07, 6.45) is 0.400. The molecule has 18 heavy (non-hydrogen) atoms. The largest absolute Gasteiger partial charge is 0.389 e. The van der Waals surface area contributed by atoms with E-state index in [-0.39, 0.29) is 41.8 Å². The Kier molecular flexibility index (Phi) is 3.38.